The van der Waals surface area contributed by atoms with Crippen molar-refractivity contribution in [1.29, 1.82) is 0 Å². The molecule has 1 fully saturated rings. The number of benzene rings is 1. The minimum absolute atomic E-state index is 0.146. The van der Waals surface area contributed by atoms with E-state index in [-0.39, 0.29) is 11.9 Å². The summed E-state index contributed by atoms with van der Waals surface area (Å²) < 4.78 is 25.6. The van der Waals surface area contributed by atoms with Crippen molar-refractivity contribution in [3.63, 3.8) is 0 Å². The van der Waals surface area contributed by atoms with Crippen molar-refractivity contribution >= 4 is 27.4 Å². The zero-order chi connectivity index (χ0) is 22.9. The minimum Gasteiger partial charge on any atom is -0.354 e. The number of nitrogens with zero attached hydrogens (tertiary/aromatic N) is 4. The first-order valence-electron chi connectivity index (χ1n) is 11.1. The number of hydrogen-bond donors (Lipinski definition) is 1. The van der Waals surface area contributed by atoms with Gasteiger partial charge in [0.2, 0.25) is 10.0 Å². The van der Waals surface area contributed by atoms with Crippen LogP contribution >= 0.6 is 0 Å². The molecule has 1 amide bonds. The van der Waals surface area contributed by atoms with E-state index >= 15 is 0 Å². The Morgan fingerprint density at radius 3 is 2.53 bits per heavy atom. The van der Waals surface area contributed by atoms with Gasteiger partial charge < -0.3 is 15.1 Å². The second-order valence-electron chi connectivity index (χ2n) is 8.58. The standard InChI is InChI=1S/C23H31N5O3S/c1-4-26-9-11-27(12-10-26)22-8-5-18(15-24-22)16-25-23(29)19-6-7-21-20(14-19)13-17(2)28(21)32(3,30)31/h5-8,14-15,17H,4,9-13,16H2,1-3H3,(H,25,29). The summed E-state index contributed by atoms with van der Waals surface area (Å²) in [5.41, 5.74) is 3.01. The molecule has 0 aliphatic carbocycles. The van der Waals surface area contributed by atoms with Crippen LogP contribution in [-0.2, 0) is 23.0 Å². The molecule has 2 aliphatic rings. The average Bonchev–Trinajstić information content (AvgIpc) is 3.13. The number of pyridine rings is 1. The van der Waals surface area contributed by atoms with Crippen LogP contribution in [0.15, 0.2) is 36.5 Å². The molecule has 2 aliphatic heterocycles. The number of piperazine rings is 1. The Kier molecular flexibility index (Phi) is 6.39. The summed E-state index contributed by atoms with van der Waals surface area (Å²) in [6.45, 7) is 9.59. The van der Waals surface area contributed by atoms with Crippen LogP contribution in [-0.4, -0.2) is 69.2 Å². The Labute approximate surface area is 190 Å². The predicted octanol–water partition coefficient (Wildman–Crippen LogP) is 1.86. The zero-order valence-corrected chi connectivity index (χ0v) is 19.7. The SMILES string of the molecule is CCN1CCN(c2ccc(CNC(=O)c3ccc4c(c3)CC(C)N4S(C)(=O)=O)cn2)CC1. The molecule has 0 bridgehead atoms. The summed E-state index contributed by atoms with van der Waals surface area (Å²) in [5, 5.41) is 2.94. The lowest BCUT2D eigenvalue weighted by molar-refractivity contribution is 0.0951. The molecule has 1 N–H and O–H groups in total. The first kappa shape index (κ1) is 22.5. The van der Waals surface area contributed by atoms with Crippen molar-refractivity contribution in [3.8, 4) is 0 Å². The molecule has 1 aromatic heterocycles. The van der Waals surface area contributed by atoms with Gasteiger partial charge in [0.1, 0.15) is 5.82 Å². The van der Waals surface area contributed by atoms with E-state index in [0.717, 1.165) is 49.7 Å². The molecular formula is C23H31N5O3S. The summed E-state index contributed by atoms with van der Waals surface area (Å²) in [5.74, 6) is 0.789. The van der Waals surface area contributed by atoms with Gasteiger partial charge in [-0.25, -0.2) is 13.4 Å². The lowest BCUT2D eigenvalue weighted by Gasteiger charge is -2.34. The largest absolute Gasteiger partial charge is 0.354 e. The molecule has 4 rings (SSSR count). The Bertz CT molecular complexity index is 1080. The number of hydrogen-bond acceptors (Lipinski definition) is 6. The lowest BCUT2D eigenvalue weighted by Crippen LogP contribution is -2.46. The highest BCUT2D eigenvalue weighted by Crippen LogP contribution is 2.34. The average molecular weight is 458 g/mol. The van der Waals surface area contributed by atoms with Gasteiger partial charge in [-0.2, -0.15) is 0 Å². The van der Waals surface area contributed by atoms with Crippen LogP contribution in [0.3, 0.4) is 0 Å². The zero-order valence-electron chi connectivity index (χ0n) is 18.9. The fourth-order valence-corrected chi connectivity index (χ4v) is 5.80. The second kappa shape index (κ2) is 9.07. The van der Waals surface area contributed by atoms with Crippen molar-refractivity contribution < 1.29 is 13.2 Å². The van der Waals surface area contributed by atoms with Gasteiger partial charge in [0, 0.05) is 50.5 Å². The molecule has 0 radical (unpaired) electrons. The van der Waals surface area contributed by atoms with Crippen molar-refractivity contribution in [2.45, 2.75) is 32.9 Å². The second-order valence-corrected chi connectivity index (χ2v) is 10.4. The van der Waals surface area contributed by atoms with E-state index in [0.29, 0.717) is 24.2 Å². The monoisotopic (exact) mass is 457 g/mol. The van der Waals surface area contributed by atoms with Gasteiger partial charge in [0.05, 0.1) is 11.9 Å². The third kappa shape index (κ3) is 4.73. The number of likely N-dealkylation sites (N-methyl/N-ethyl adjacent to an activating group) is 1. The van der Waals surface area contributed by atoms with E-state index < -0.39 is 10.0 Å². The van der Waals surface area contributed by atoms with E-state index in [4.69, 9.17) is 0 Å². The Hall–Kier alpha value is -2.65. The fourth-order valence-electron chi connectivity index (χ4n) is 4.54. The third-order valence-corrected chi connectivity index (χ3v) is 7.53. The van der Waals surface area contributed by atoms with Crippen LogP contribution < -0.4 is 14.5 Å². The maximum atomic E-state index is 12.7. The molecule has 1 atom stereocenters. The van der Waals surface area contributed by atoms with Crippen LogP contribution in [0.5, 0.6) is 0 Å². The van der Waals surface area contributed by atoms with Crippen LogP contribution in [0.4, 0.5) is 11.5 Å². The Morgan fingerprint density at radius 2 is 1.91 bits per heavy atom. The maximum absolute atomic E-state index is 12.7. The molecule has 1 saturated heterocycles. The topological polar surface area (TPSA) is 85.9 Å². The number of carbonyl (C=O) groups is 1. The minimum atomic E-state index is -3.34. The van der Waals surface area contributed by atoms with Gasteiger partial charge in [-0.15, -0.1) is 0 Å². The van der Waals surface area contributed by atoms with Gasteiger partial charge >= 0.3 is 0 Å². The van der Waals surface area contributed by atoms with E-state index in [1.165, 1.54) is 10.6 Å². The molecular weight excluding hydrogens is 426 g/mol. The van der Waals surface area contributed by atoms with E-state index in [1.807, 2.05) is 25.3 Å². The van der Waals surface area contributed by atoms with Crippen LogP contribution in [0.1, 0.15) is 35.3 Å². The maximum Gasteiger partial charge on any atom is 0.251 e. The van der Waals surface area contributed by atoms with Crippen LogP contribution in [0.25, 0.3) is 0 Å². The lowest BCUT2D eigenvalue weighted by atomic mass is 10.1. The van der Waals surface area contributed by atoms with Gasteiger partial charge in [0.25, 0.3) is 5.91 Å². The number of sulfonamides is 1. The third-order valence-electron chi connectivity index (χ3n) is 6.26. The van der Waals surface area contributed by atoms with Crippen molar-refractivity contribution in [1.82, 2.24) is 15.2 Å². The smallest absolute Gasteiger partial charge is 0.251 e. The normalized spacial score (nSPS) is 19.2. The van der Waals surface area contributed by atoms with Crippen LogP contribution in [0, 0.1) is 0 Å². The Balaban J connectivity index is 1.36. The fraction of sp³-hybridized carbons (Fsp3) is 0.478. The van der Waals surface area contributed by atoms with Crippen molar-refractivity contribution in [2.75, 3.05) is 48.2 Å². The molecule has 172 valence electrons. The predicted molar refractivity (Wildman–Crippen MR) is 127 cm³/mol. The van der Waals surface area contributed by atoms with Gasteiger partial charge in [-0.05, 0) is 55.3 Å². The van der Waals surface area contributed by atoms with Crippen molar-refractivity contribution in [2.24, 2.45) is 0 Å². The summed E-state index contributed by atoms with van der Waals surface area (Å²) >= 11 is 0. The molecule has 32 heavy (non-hydrogen) atoms. The number of aromatic nitrogens is 1. The van der Waals surface area contributed by atoms with Gasteiger partial charge in [-0.3, -0.25) is 9.10 Å². The van der Waals surface area contributed by atoms with Gasteiger partial charge in [0.15, 0.2) is 0 Å². The number of rotatable bonds is 6. The molecule has 2 aromatic rings. The number of carbonyl (C=O) groups excluding carboxylic acids is 1. The van der Waals surface area contributed by atoms with E-state index in [2.05, 4.69) is 27.0 Å². The number of fused-ring (bicyclic) bond motifs is 1. The summed E-state index contributed by atoms with van der Waals surface area (Å²) in [4.78, 5) is 22.0. The Morgan fingerprint density at radius 1 is 1.16 bits per heavy atom. The van der Waals surface area contributed by atoms with E-state index in [1.54, 1.807) is 18.2 Å². The highest BCUT2D eigenvalue weighted by atomic mass is 32.2. The number of nitrogens with one attached hydrogen (secondary N) is 1. The van der Waals surface area contributed by atoms with Crippen molar-refractivity contribution in [3.05, 3.63) is 53.2 Å². The molecule has 8 nitrogen and oxygen atoms in total. The summed E-state index contributed by atoms with van der Waals surface area (Å²) in [6, 6.07) is 9.07. The molecule has 1 aromatic carbocycles. The van der Waals surface area contributed by atoms with E-state index in [9.17, 15) is 13.2 Å². The molecule has 9 heteroatoms. The first-order chi connectivity index (χ1) is 15.3. The summed E-state index contributed by atoms with van der Waals surface area (Å²) in [7, 11) is -3.34. The highest BCUT2D eigenvalue weighted by molar-refractivity contribution is 7.92. The first-order valence-corrected chi connectivity index (χ1v) is 12.9. The van der Waals surface area contributed by atoms with Gasteiger partial charge in [-0.1, -0.05) is 13.0 Å². The quantitative estimate of drug-likeness (QED) is 0.713. The molecule has 0 saturated carbocycles. The molecule has 1 unspecified atom stereocenters. The molecule has 0 spiro atoms. The molecule has 3 heterocycles. The van der Waals surface area contributed by atoms with Crippen LogP contribution in [0.2, 0.25) is 0 Å². The number of anilines is 2. The number of amides is 1. The summed E-state index contributed by atoms with van der Waals surface area (Å²) in [6.07, 6.45) is 3.63. The highest BCUT2D eigenvalue weighted by Gasteiger charge is 2.32.